The summed E-state index contributed by atoms with van der Waals surface area (Å²) >= 11 is 0. The van der Waals surface area contributed by atoms with Crippen molar-refractivity contribution in [2.75, 3.05) is 7.05 Å². The Balaban J connectivity index is 0.00000208. The molecule has 130 valence electrons. The summed E-state index contributed by atoms with van der Waals surface area (Å²) in [6.07, 6.45) is 3.19. The van der Waals surface area contributed by atoms with Crippen LogP contribution in [0.5, 0.6) is 0 Å². The Kier molecular flexibility index (Phi) is 6.33. The van der Waals surface area contributed by atoms with E-state index in [2.05, 4.69) is 5.32 Å². The van der Waals surface area contributed by atoms with E-state index in [1.165, 1.54) is 0 Å². The minimum Gasteiger partial charge on any atom is -0.748 e. The number of carbonyl (C=O) groups excluding carboxylic acids is 2. The van der Waals surface area contributed by atoms with E-state index >= 15 is 0 Å². The first-order valence-electron chi connectivity index (χ1n) is 8.22. The molecule has 3 aliphatic carbocycles. The molecule has 3 fully saturated rings. The van der Waals surface area contributed by atoms with Crippen LogP contribution in [0, 0.1) is 23.7 Å². The van der Waals surface area contributed by atoms with Crippen LogP contribution in [0.1, 0.15) is 32.1 Å². The normalized spacial score (nSPS) is 42.7. The first-order valence-corrected chi connectivity index (χ1v) is 9.69. The van der Waals surface area contributed by atoms with E-state index < -0.39 is 39.3 Å². The zero-order valence-corrected chi connectivity index (χ0v) is 16.9. The first-order chi connectivity index (χ1) is 10.8. The Hall–Kier alpha value is 0.170. The number of fused-ring (bicyclic) bond motifs is 2. The van der Waals surface area contributed by atoms with Gasteiger partial charge in [-0.05, 0) is 26.3 Å². The summed E-state index contributed by atoms with van der Waals surface area (Å²) in [5.41, 5.74) is 6.03. The predicted octanol–water partition coefficient (Wildman–Crippen LogP) is -3.59. The van der Waals surface area contributed by atoms with Gasteiger partial charge in [-0.25, -0.2) is 8.42 Å². The van der Waals surface area contributed by atoms with Crippen LogP contribution in [0.3, 0.4) is 0 Å². The van der Waals surface area contributed by atoms with Crippen LogP contribution in [-0.4, -0.2) is 48.9 Å². The number of Topliss-reactive ketones (excluding diaryl/α,β-unsaturated/α-hetero) is 2. The molecule has 3 aliphatic rings. The second kappa shape index (κ2) is 7.42. The zero-order valence-electron chi connectivity index (χ0n) is 14.1. The fraction of sp³-hybridized carbons (Fsp3) is 0.867. The van der Waals surface area contributed by atoms with Crippen molar-refractivity contribution in [3.8, 4) is 0 Å². The molecule has 0 aromatic carbocycles. The van der Waals surface area contributed by atoms with Crippen molar-refractivity contribution in [2.45, 2.75) is 49.4 Å². The van der Waals surface area contributed by atoms with Crippen LogP contribution in [0.15, 0.2) is 0 Å². The SMILES string of the molecule is CNC1CC(S(=O)(=O)[O-])C(N)C2C(=O)C3CCCCC3C(=O)C12.[Na+]. The number of hydrogen-bond donors (Lipinski definition) is 2. The van der Waals surface area contributed by atoms with Crippen molar-refractivity contribution in [3.63, 3.8) is 0 Å². The average Bonchev–Trinajstić information content (AvgIpc) is 2.51. The molecular formula is C15H23N2NaO5S. The van der Waals surface area contributed by atoms with Crippen molar-refractivity contribution in [3.05, 3.63) is 0 Å². The second-order valence-electron chi connectivity index (χ2n) is 7.09. The van der Waals surface area contributed by atoms with Gasteiger partial charge < -0.3 is 15.6 Å². The molecule has 0 bridgehead atoms. The molecule has 3 saturated carbocycles. The van der Waals surface area contributed by atoms with Gasteiger partial charge in [-0.15, -0.1) is 0 Å². The second-order valence-corrected chi connectivity index (χ2v) is 8.68. The third-order valence-corrected chi connectivity index (χ3v) is 7.29. The summed E-state index contributed by atoms with van der Waals surface area (Å²) in [5, 5.41) is 1.62. The van der Waals surface area contributed by atoms with E-state index in [0.717, 1.165) is 12.8 Å². The molecule has 3 rings (SSSR count). The minimum atomic E-state index is -4.62. The standard InChI is InChI=1S/C15H24N2O5S.Na/c1-17-9-6-10(23(20,21)22)13(16)12-11(9)14(18)7-4-2-3-5-8(7)15(12)19;/h7-13,17H,2-6,16H2,1H3,(H,20,21,22);/q;+1/p-1. The Morgan fingerprint density at radius 2 is 1.58 bits per heavy atom. The van der Waals surface area contributed by atoms with Gasteiger partial charge in [-0.3, -0.25) is 9.59 Å². The maximum absolute atomic E-state index is 12.9. The van der Waals surface area contributed by atoms with Gasteiger partial charge in [-0.1, -0.05) is 12.8 Å². The molecule has 0 radical (unpaired) electrons. The number of rotatable bonds is 2. The molecule has 3 N–H and O–H groups in total. The molecule has 7 nitrogen and oxygen atoms in total. The summed E-state index contributed by atoms with van der Waals surface area (Å²) < 4.78 is 34.6. The summed E-state index contributed by atoms with van der Waals surface area (Å²) in [5.74, 6) is -2.17. The topological polar surface area (TPSA) is 129 Å². The number of nitrogens with two attached hydrogens (primary N) is 1. The number of nitrogens with one attached hydrogen (secondary N) is 1. The minimum absolute atomic E-state index is 0. The number of hydrogen-bond acceptors (Lipinski definition) is 7. The van der Waals surface area contributed by atoms with Crippen LogP contribution < -0.4 is 40.6 Å². The molecule has 9 heteroatoms. The van der Waals surface area contributed by atoms with Crippen molar-refractivity contribution in [2.24, 2.45) is 29.4 Å². The largest absolute Gasteiger partial charge is 1.00 e. The van der Waals surface area contributed by atoms with Crippen molar-refractivity contribution < 1.29 is 52.1 Å². The summed E-state index contributed by atoms with van der Waals surface area (Å²) in [4.78, 5) is 25.9. The fourth-order valence-corrected chi connectivity index (χ4v) is 5.93. The van der Waals surface area contributed by atoms with E-state index in [1.807, 2.05) is 0 Å². The van der Waals surface area contributed by atoms with Gasteiger partial charge in [0.2, 0.25) is 0 Å². The molecule has 0 aromatic rings. The summed E-state index contributed by atoms with van der Waals surface area (Å²) in [6.45, 7) is 0. The Labute approximate surface area is 164 Å². The molecule has 7 unspecified atom stereocenters. The predicted molar refractivity (Wildman–Crippen MR) is 81.4 cm³/mol. The zero-order chi connectivity index (χ0) is 16.9. The van der Waals surface area contributed by atoms with Crippen LogP contribution in [0.2, 0.25) is 0 Å². The van der Waals surface area contributed by atoms with E-state index in [-0.39, 0.29) is 59.4 Å². The van der Waals surface area contributed by atoms with Crippen molar-refractivity contribution in [1.82, 2.24) is 5.32 Å². The van der Waals surface area contributed by atoms with Crippen molar-refractivity contribution in [1.29, 1.82) is 0 Å². The molecule has 24 heavy (non-hydrogen) atoms. The van der Waals surface area contributed by atoms with Gasteiger partial charge in [0, 0.05) is 35.8 Å². The fourth-order valence-electron chi connectivity index (χ4n) is 4.93. The smallest absolute Gasteiger partial charge is 0.748 e. The maximum Gasteiger partial charge on any atom is 1.00 e. The Morgan fingerprint density at radius 3 is 2.04 bits per heavy atom. The van der Waals surface area contributed by atoms with Gasteiger partial charge in [0.15, 0.2) is 0 Å². The summed E-state index contributed by atoms with van der Waals surface area (Å²) in [7, 11) is -2.99. The van der Waals surface area contributed by atoms with Gasteiger partial charge in [0.1, 0.15) is 11.6 Å². The van der Waals surface area contributed by atoms with Crippen LogP contribution in [-0.2, 0) is 19.7 Å². The molecule has 0 heterocycles. The van der Waals surface area contributed by atoms with Gasteiger partial charge in [-0.2, -0.15) is 0 Å². The molecule has 0 aromatic heterocycles. The van der Waals surface area contributed by atoms with Crippen molar-refractivity contribution >= 4 is 21.7 Å². The molecule has 0 aliphatic heterocycles. The monoisotopic (exact) mass is 366 g/mol. The van der Waals surface area contributed by atoms with Crippen LogP contribution in [0.25, 0.3) is 0 Å². The van der Waals surface area contributed by atoms with Gasteiger partial charge >= 0.3 is 29.6 Å². The molecule has 7 atom stereocenters. The third-order valence-electron chi connectivity index (χ3n) is 6.05. The Bertz CT molecular complexity index is 625. The maximum atomic E-state index is 12.9. The number of carbonyl (C=O) groups is 2. The molecule has 0 saturated heterocycles. The molecule has 0 amide bonds. The van der Waals surface area contributed by atoms with E-state index in [0.29, 0.717) is 12.8 Å². The Morgan fingerprint density at radius 1 is 1.08 bits per heavy atom. The first kappa shape index (κ1) is 20.5. The van der Waals surface area contributed by atoms with E-state index in [9.17, 15) is 22.6 Å². The quantitative estimate of drug-likeness (QED) is 0.382. The van der Waals surface area contributed by atoms with E-state index in [1.54, 1.807) is 7.05 Å². The summed E-state index contributed by atoms with van der Waals surface area (Å²) in [6, 6.07) is -1.58. The van der Waals surface area contributed by atoms with Crippen LogP contribution >= 0.6 is 0 Å². The number of ketones is 2. The third kappa shape index (κ3) is 3.26. The average molecular weight is 366 g/mol. The van der Waals surface area contributed by atoms with Gasteiger partial charge in [0.25, 0.3) is 0 Å². The molecular weight excluding hydrogens is 343 g/mol. The van der Waals surface area contributed by atoms with Gasteiger partial charge in [0.05, 0.1) is 15.4 Å². The van der Waals surface area contributed by atoms with E-state index in [4.69, 9.17) is 5.73 Å². The molecule has 0 spiro atoms. The van der Waals surface area contributed by atoms with Crippen LogP contribution in [0.4, 0.5) is 0 Å².